The number of hydrogen-bond acceptors (Lipinski definition) is 6. The van der Waals surface area contributed by atoms with Crippen molar-refractivity contribution < 1.29 is 24.1 Å². The molecule has 1 aromatic rings. The highest BCUT2D eigenvalue weighted by atomic mass is 16.7. The van der Waals surface area contributed by atoms with Crippen LogP contribution in [0.15, 0.2) is 18.2 Å². The zero-order chi connectivity index (χ0) is 16.1. The van der Waals surface area contributed by atoms with Crippen LogP contribution >= 0.6 is 0 Å². The summed E-state index contributed by atoms with van der Waals surface area (Å²) in [6, 6.07) is 5.74. The molecule has 6 nitrogen and oxygen atoms in total. The fourth-order valence-electron chi connectivity index (χ4n) is 2.97. The Morgan fingerprint density at radius 2 is 2.22 bits per heavy atom. The highest BCUT2D eigenvalue weighted by molar-refractivity contribution is 5.44. The Balaban J connectivity index is 1.34. The van der Waals surface area contributed by atoms with Crippen molar-refractivity contribution >= 4 is 0 Å². The Labute approximate surface area is 136 Å². The molecule has 2 unspecified atom stereocenters. The number of fused-ring (bicyclic) bond motifs is 1. The Morgan fingerprint density at radius 1 is 1.35 bits per heavy atom. The molecule has 1 saturated heterocycles. The van der Waals surface area contributed by atoms with Crippen LogP contribution in [-0.4, -0.2) is 62.4 Å². The van der Waals surface area contributed by atoms with E-state index >= 15 is 0 Å². The molecule has 2 heterocycles. The average Bonchev–Trinajstić information content (AvgIpc) is 3.17. The van der Waals surface area contributed by atoms with Crippen molar-refractivity contribution in [2.24, 2.45) is 0 Å². The molecule has 2 aliphatic heterocycles. The van der Waals surface area contributed by atoms with Crippen molar-refractivity contribution in [1.29, 1.82) is 0 Å². The fraction of sp³-hybridized carbons (Fsp3) is 0.647. The normalized spacial score (nSPS) is 21.1. The van der Waals surface area contributed by atoms with Gasteiger partial charge in [0.05, 0.1) is 25.4 Å². The van der Waals surface area contributed by atoms with Crippen molar-refractivity contribution in [1.82, 2.24) is 4.90 Å². The molecule has 23 heavy (non-hydrogen) atoms. The van der Waals surface area contributed by atoms with Gasteiger partial charge >= 0.3 is 0 Å². The van der Waals surface area contributed by atoms with Crippen LogP contribution in [0.3, 0.4) is 0 Å². The molecule has 0 aliphatic carbocycles. The number of aliphatic hydroxyl groups is 1. The summed E-state index contributed by atoms with van der Waals surface area (Å²) in [6.07, 6.45) is 2.05. The van der Waals surface area contributed by atoms with Crippen LogP contribution in [0.25, 0.3) is 0 Å². The highest BCUT2D eigenvalue weighted by Crippen LogP contribution is 2.32. The summed E-state index contributed by atoms with van der Waals surface area (Å²) in [7, 11) is 2.00. The Hall–Kier alpha value is -1.34. The van der Waals surface area contributed by atoms with E-state index in [-0.39, 0.29) is 6.79 Å². The van der Waals surface area contributed by atoms with E-state index in [1.807, 2.05) is 25.2 Å². The van der Waals surface area contributed by atoms with Crippen molar-refractivity contribution in [2.45, 2.75) is 31.7 Å². The Bertz CT molecular complexity index is 504. The van der Waals surface area contributed by atoms with Crippen LogP contribution in [0.1, 0.15) is 18.4 Å². The minimum atomic E-state index is -0.504. The van der Waals surface area contributed by atoms with Gasteiger partial charge in [-0.3, -0.25) is 0 Å². The summed E-state index contributed by atoms with van der Waals surface area (Å²) in [5.41, 5.74) is 1.01. The molecule has 3 rings (SSSR count). The molecule has 128 valence electrons. The molecule has 2 aliphatic rings. The zero-order valence-electron chi connectivity index (χ0n) is 13.6. The summed E-state index contributed by atoms with van der Waals surface area (Å²) in [6.45, 7) is 3.34. The first-order valence-electron chi connectivity index (χ1n) is 8.15. The molecule has 6 heteroatoms. The van der Waals surface area contributed by atoms with Crippen molar-refractivity contribution in [3.8, 4) is 11.5 Å². The lowest BCUT2D eigenvalue weighted by atomic mass is 10.2. The molecule has 1 N–H and O–H groups in total. The van der Waals surface area contributed by atoms with E-state index in [1.165, 1.54) is 0 Å². The zero-order valence-corrected chi connectivity index (χ0v) is 13.6. The summed E-state index contributed by atoms with van der Waals surface area (Å²) in [5, 5.41) is 10.1. The van der Waals surface area contributed by atoms with Gasteiger partial charge in [0.15, 0.2) is 11.5 Å². The van der Waals surface area contributed by atoms with E-state index in [9.17, 15) is 5.11 Å². The molecular weight excluding hydrogens is 298 g/mol. The van der Waals surface area contributed by atoms with Crippen LogP contribution in [0, 0.1) is 0 Å². The minimum absolute atomic E-state index is 0.273. The largest absolute Gasteiger partial charge is 0.454 e. The third-order valence-corrected chi connectivity index (χ3v) is 4.08. The minimum Gasteiger partial charge on any atom is -0.454 e. The number of benzene rings is 1. The predicted molar refractivity (Wildman–Crippen MR) is 84.7 cm³/mol. The highest BCUT2D eigenvalue weighted by Gasteiger charge is 2.19. The molecule has 1 fully saturated rings. The van der Waals surface area contributed by atoms with E-state index in [0.717, 1.165) is 43.1 Å². The van der Waals surface area contributed by atoms with Crippen LogP contribution in [0.4, 0.5) is 0 Å². The number of aliphatic hydroxyl groups excluding tert-OH is 1. The van der Waals surface area contributed by atoms with Gasteiger partial charge in [-0.15, -0.1) is 0 Å². The molecule has 0 radical (unpaired) electrons. The SMILES string of the molecule is CN(CC(O)COCc1ccc2c(c1)OCO2)CC1CCCO1. The van der Waals surface area contributed by atoms with Gasteiger partial charge in [-0.05, 0) is 37.6 Å². The maximum atomic E-state index is 10.1. The lowest BCUT2D eigenvalue weighted by Crippen LogP contribution is -2.36. The maximum absolute atomic E-state index is 10.1. The first-order valence-corrected chi connectivity index (χ1v) is 8.15. The van der Waals surface area contributed by atoms with Gasteiger partial charge in [-0.1, -0.05) is 6.07 Å². The fourth-order valence-corrected chi connectivity index (χ4v) is 2.97. The molecule has 0 amide bonds. The predicted octanol–water partition coefficient (Wildman–Crippen LogP) is 1.40. The monoisotopic (exact) mass is 323 g/mol. The molecule has 2 atom stereocenters. The number of likely N-dealkylation sites (N-methyl/N-ethyl adjacent to an activating group) is 1. The number of ether oxygens (including phenoxy) is 4. The van der Waals surface area contributed by atoms with Crippen molar-refractivity contribution in [2.75, 3.05) is 40.1 Å². The van der Waals surface area contributed by atoms with E-state index in [0.29, 0.717) is 25.9 Å². The van der Waals surface area contributed by atoms with E-state index in [2.05, 4.69) is 4.90 Å². The first kappa shape index (κ1) is 16.5. The molecule has 1 aromatic carbocycles. The van der Waals surface area contributed by atoms with Crippen LogP contribution in [-0.2, 0) is 16.1 Å². The van der Waals surface area contributed by atoms with Crippen LogP contribution in [0.2, 0.25) is 0 Å². The van der Waals surface area contributed by atoms with Gasteiger partial charge in [0.1, 0.15) is 0 Å². The smallest absolute Gasteiger partial charge is 0.231 e. The molecule has 0 spiro atoms. The molecule has 0 saturated carbocycles. The van der Waals surface area contributed by atoms with Gasteiger partial charge in [0.2, 0.25) is 6.79 Å². The summed E-state index contributed by atoms with van der Waals surface area (Å²) >= 11 is 0. The lowest BCUT2D eigenvalue weighted by Gasteiger charge is -2.23. The third-order valence-electron chi connectivity index (χ3n) is 4.08. The van der Waals surface area contributed by atoms with Gasteiger partial charge in [0, 0.05) is 19.7 Å². The van der Waals surface area contributed by atoms with Gasteiger partial charge in [0.25, 0.3) is 0 Å². The van der Waals surface area contributed by atoms with E-state index in [1.54, 1.807) is 0 Å². The number of hydrogen-bond donors (Lipinski definition) is 1. The second-order valence-electron chi connectivity index (χ2n) is 6.21. The quantitative estimate of drug-likeness (QED) is 0.780. The van der Waals surface area contributed by atoms with Crippen molar-refractivity contribution in [3.05, 3.63) is 23.8 Å². The Morgan fingerprint density at radius 3 is 3.04 bits per heavy atom. The standard InChI is InChI=1S/C17H25NO5/c1-18(9-15-3-2-6-21-15)8-14(19)11-20-10-13-4-5-16-17(7-13)23-12-22-16/h4-5,7,14-15,19H,2-3,6,8-12H2,1H3. The Kier molecular flexibility index (Phi) is 5.72. The molecule has 0 bridgehead atoms. The lowest BCUT2D eigenvalue weighted by molar-refractivity contribution is 0.00464. The molecule has 0 aromatic heterocycles. The van der Waals surface area contributed by atoms with Gasteiger partial charge in [-0.25, -0.2) is 0 Å². The van der Waals surface area contributed by atoms with Crippen LogP contribution < -0.4 is 9.47 Å². The molecular formula is C17H25NO5. The summed E-state index contributed by atoms with van der Waals surface area (Å²) in [5.74, 6) is 1.52. The van der Waals surface area contributed by atoms with Crippen LogP contribution in [0.5, 0.6) is 11.5 Å². The third kappa shape index (κ3) is 4.81. The summed E-state index contributed by atoms with van der Waals surface area (Å²) in [4.78, 5) is 2.10. The topological polar surface area (TPSA) is 60.4 Å². The first-order chi connectivity index (χ1) is 11.2. The van der Waals surface area contributed by atoms with Gasteiger partial charge < -0.3 is 29.0 Å². The second-order valence-corrected chi connectivity index (χ2v) is 6.21. The van der Waals surface area contributed by atoms with E-state index < -0.39 is 6.10 Å². The number of nitrogens with zero attached hydrogens (tertiary/aromatic N) is 1. The number of rotatable bonds is 8. The van der Waals surface area contributed by atoms with Crippen molar-refractivity contribution in [3.63, 3.8) is 0 Å². The van der Waals surface area contributed by atoms with Gasteiger partial charge in [-0.2, -0.15) is 0 Å². The summed E-state index contributed by atoms with van der Waals surface area (Å²) < 4.78 is 21.8. The average molecular weight is 323 g/mol. The second kappa shape index (κ2) is 7.97. The maximum Gasteiger partial charge on any atom is 0.231 e. The van der Waals surface area contributed by atoms with E-state index in [4.69, 9.17) is 18.9 Å².